The number of nitro groups is 1. The second-order valence-corrected chi connectivity index (χ2v) is 5.14. The van der Waals surface area contributed by atoms with Gasteiger partial charge in [-0.05, 0) is 37.1 Å². The van der Waals surface area contributed by atoms with Crippen LogP contribution in [0.1, 0.15) is 16.7 Å². The summed E-state index contributed by atoms with van der Waals surface area (Å²) in [5.74, 6) is 0. The number of hydrogen-bond donors (Lipinski definition) is 1. The van der Waals surface area contributed by atoms with Crippen LogP contribution in [0, 0.1) is 24.0 Å². The van der Waals surface area contributed by atoms with Crippen molar-refractivity contribution in [2.45, 2.75) is 20.4 Å². The standard InChI is InChI=1S/C15H15ClN2O2/c1-10-3-4-12(11(2)7-10)9-17-14-6-5-13(16)8-15(14)18(19)20/h3-8,17H,9H2,1-2H3. The van der Waals surface area contributed by atoms with Gasteiger partial charge in [0.1, 0.15) is 5.69 Å². The molecule has 4 nitrogen and oxygen atoms in total. The van der Waals surface area contributed by atoms with Crippen LogP contribution < -0.4 is 5.32 Å². The van der Waals surface area contributed by atoms with Crippen molar-refractivity contribution in [3.05, 3.63) is 68.2 Å². The van der Waals surface area contributed by atoms with Crippen LogP contribution in [0.2, 0.25) is 5.02 Å². The molecule has 0 aromatic heterocycles. The minimum absolute atomic E-state index is 0.0118. The molecule has 2 aromatic carbocycles. The molecule has 0 saturated heterocycles. The summed E-state index contributed by atoms with van der Waals surface area (Å²) in [7, 11) is 0. The van der Waals surface area contributed by atoms with E-state index >= 15 is 0 Å². The molecule has 0 spiro atoms. The third kappa shape index (κ3) is 3.27. The van der Waals surface area contributed by atoms with Gasteiger partial charge in [-0.1, -0.05) is 35.4 Å². The number of rotatable bonds is 4. The van der Waals surface area contributed by atoms with Crippen molar-refractivity contribution in [1.82, 2.24) is 0 Å². The van der Waals surface area contributed by atoms with Crippen molar-refractivity contribution in [1.29, 1.82) is 0 Å². The summed E-state index contributed by atoms with van der Waals surface area (Å²) < 4.78 is 0. The highest BCUT2D eigenvalue weighted by molar-refractivity contribution is 6.30. The average molecular weight is 291 g/mol. The van der Waals surface area contributed by atoms with Gasteiger partial charge in [0.05, 0.1) is 4.92 Å². The van der Waals surface area contributed by atoms with Gasteiger partial charge < -0.3 is 5.32 Å². The first-order valence-corrected chi connectivity index (χ1v) is 6.59. The lowest BCUT2D eigenvalue weighted by Crippen LogP contribution is -2.04. The van der Waals surface area contributed by atoms with Gasteiger partial charge in [-0.2, -0.15) is 0 Å². The monoisotopic (exact) mass is 290 g/mol. The molecule has 0 amide bonds. The molecule has 2 rings (SSSR count). The van der Waals surface area contributed by atoms with E-state index in [4.69, 9.17) is 11.6 Å². The molecule has 1 N–H and O–H groups in total. The zero-order valence-electron chi connectivity index (χ0n) is 11.3. The van der Waals surface area contributed by atoms with Gasteiger partial charge in [-0.3, -0.25) is 10.1 Å². The van der Waals surface area contributed by atoms with Crippen molar-refractivity contribution in [2.24, 2.45) is 0 Å². The van der Waals surface area contributed by atoms with Gasteiger partial charge in [0.25, 0.3) is 5.69 Å². The highest BCUT2D eigenvalue weighted by Gasteiger charge is 2.14. The molecule has 0 aliphatic rings. The summed E-state index contributed by atoms with van der Waals surface area (Å²) in [6, 6.07) is 10.8. The number of nitrogens with one attached hydrogen (secondary N) is 1. The quantitative estimate of drug-likeness (QED) is 0.667. The van der Waals surface area contributed by atoms with Crippen molar-refractivity contribution in [3.8, 4) is 0 Å². The zero-order valence-corrected chi connectivity index (χ0v) is 12.1. The smallest absolute Gasteiger partial charge is 0.293 e. The summed E-state index contributed by atoms with van der Waals surface area (Å²) in [5, 5.41) is 14.5. The number of hydrogen-bond acceptors (Lipinski definition) is 3. The first-order valence-electron chi connectivity index (χ1n) is 6.21. The molecule has 0 fully saturated rings. The van der Waals surface area contributed by atoms with Crippen molar-refractivity contribution in [2.75, 3.05) is 5.32 Å². The first-order chi connectivity index (χ1) is 9.47. The summed E-state index contributed by atoms with van der Waals surface area (Å²) in [4.78, 5) is 10.6. The predicted molar refractivity (Wildman–Crippen MR) is 81.3 cm³/mol. The van der Waals surface area contributed by atoms with Crippen LogP contribution in [0.3, 0.4) is 0 Å². The van der Waals surface area contributed by atoms with E-state index in [1.165, 1.54) is 11.6 Å². The van der Waals surface area contributed by atoms with Gasteiger partial charge in [-0.25, -0.2) is 0 Å². The van der Waals surface area contributed by atoms with Gasteiger partial charge in [0.2, 0.25) is 0 Å². The van der Waals surface area contributed by atoms with Crippen LogP contribution in [-0.4, -0.2) is 4.92 Å². The lowest BCUT2D eigenvalue weighted by atomic mass is 10.1. The molecular weight excluding hydrogens is 276 g/mol. The fraction of sp³-hybridized carbons (Fsp3) is 0.200. The SMILES string of the molecule is Cc1ccc(CNc2ccc(Cl)cc2[N+](=O)[O-])c(C)c1. The molecule has 0 bridgehead atoms. The molecule has 0 heterocycles. The fourth-order valence-corrected chi connectivity index (χ4v) is 2.21. The number of halogens is 1. The predicted octanol–water partition coefficient (Wildman–Crippen LogP) is 4.48. The van der Waals surface area contributed by atoms with E-state index in [0.29, 0.717) is 17.3 Å². The Kier molecular flexibility index (Phi) is 4.25. The summed E-state index contributed by atoms with van der Waals surface area (Å²) in [5.41, 5.74) is 3.93. The highest BCUT2D eigenvalue weighted by atomic mass is 35.5. The van der Waals surface area contributed by atoms with Crippen LogP contribution in [0.4, 0.5) is 11.4 Å². The molecule has 0 aliphatic carbocycles. The Bertz CT molecular complexity index is 656. The Morgan fingerprint density at radius 2 is 1.95 bits per heavy atom. The Morgan fingerprint density at radius 3 is 2.60 bits per heavy atom. The lowest BCUT2D eigenvalue weighted by molar-refractivity contribution is -0.383. The third-order valence-corrected chi connectivity index (χ3v) is 3.36. The van der Waals surface area contributed by atoms with E-state index in [1.54, 1.807) is 12.1 Å². The zero-order chi connectivity index (χ0) is 14.7. The van der Waals surface area contributed by atoms with Crippen molar-refractivity contribution >= 4 is 23.0 Å². The number of nitro benzene ring substituents is 1. The van der Waals surface area contributed by atoms with E-state index in [1.807, 2.05) is 26.0 Å². The second-order valence-electron chi connectivity index (χ2n) is 4.70. The maximum absolute atomic E-state index is 11.0. The maximum atomic E-state index is 11.0. The minimum atomic E-state index is -0.434. The van der Waals surface area contributed by atoms with E-state index in [0.717, 1.165) is 11.1 Å². The van der Waals surface area contributed by atoms with Gasteiger partial charge in [0.15, 0.2) is 0 Å². The molecule has 2 aromatic rings. The van der Waals surface area contributed by atoms with Crippen LogP contribution >= 0.6 is 11.6 Å². The molecule has 0 radical (unpaired) electrons. The van der Waals surface area contributed by atoms with E-state index in [9.17, 15) is 10.1 Å². The Labute approximate surface area is 122 Å². The van der Waals surface area contributed by atoms with Gasteiger partial charge >= 0.3 is 0 Å². The molecule has 0 atom stereocenters. The Hall–Kier alpha value is -2.07. The van der Waals surface area contributed by atoms with Gasteiger partial charge in [-0.15, -0.1) is 0 Å². The van der Waals surface area contributed by atoms with Crippen molar-refractivity contribution < 1.29 is 4.92 Å². The molecule has 0 saturated carbocycles. The molecule has 104 valence electrons. The topological polar surface area (TPSA) is 55.2 Å². The van der Waals surface area contributed by atoms with Crippen molar-refractivity contribution in [3.63, 3.8) is 0 Å². The molecule has 0 aliphatic heterocycles. The largest absolute Gasteiger partial charge is 0.375 e. The van der Waals surface area contributed by atoms with E-state index < -0.39 is 4.92 Å². The third-order valence-electron chi connectivity index (χ3n) is 3.12. The van der Waals surface area contributed by atoms with Crippen LogP contribution in [0.15, 0.2) is 36.4 Å². The normalized spacial score (nSPS) is 10.3. The summed E-state index contributed by atoms with van der Waals surface area (Å²) >= 11 is 5.79. The fourth-order valence-electron chi connectivity index (χ4n) is 2.04. The van der Waals surface area contributed by atoms with Crippen LogP contribution in [-0.2, 0) is 6.54 Å². The van der Waals surface area contributed by atoms with E-state index in [2.05, 4.69) is 11.4 Å². The minimum Gasteiger partial charge on any atom is -0.375 e. The molecule has 0 unspecified atom stereocenters. The summed E-state index contributed by atoms with van der Waals surface area (Å²) in [6.07, 6.45) is 0. The number of benzene rings is 2. The number of aryl methyl sites for hydroxylation is 2. The Balaban J connectivity index is 2.20. The molecule has 20 heavy (non-hydrogen) atoms. The Morgan fingerprint density at radius 1 is 1.20 bits per heavy atom. The van der Waals surface area contributed by atoms with Gasteiger partial charge in [0, 0.05) is 17.6 Å². The second kappa shape index (κ2) is 5.92. The molecule has 5 heteroatoms. The van der Waals surface area contributed by atoms with Crippen LogP contribution in [0.25, 0.3) is 0 Å². The summed E-state index contributed by atoms with van der Waals surface area (Å²) in [6.45, 7) is 4.60. The first kappa shape index (κ1) is 14.3. The average Bonchev–Trinajstić information content (AvgIpc) is 2.38. The lowest BCUT2D eigenvalue weighted by Gasteiger charge is -2.10. The highest BCUT2D eigenvalue weighted by Crippen LogP contribution is 2.28. The van der Waals surface area contributed by atoms with Crippen LogP contribution in [0.5, 0.6) is 0 Å². The number of nitrogens with zero attached hydrogens (tertiary/aromatic N) is 1. The molecular formula is C15H15ClN2O2. The number of anilines is 1. The van der Waals surface area contributed by atoms with E-state index in [-0.39, 0.29) is 5.69 Å². The maximum Gasteiger partial charge on any atom is 0.293 e.